The van der Waals surface area contributed by atoms with Gasteiger partial charge in [0.05, 0.1) is 18.7 Å². The second-order valence-electron chi connectivity index (χ2n) is 5.36. The van der Waals surface area contributed by atoms with Crippen LogP contribution in [0.2, 0.25) is 0 Å². The van der Waals surface area contributed by atoms with Crippen LogP contribution in [0.25, 0.3) is 0 Å². The lowest BCUT2D eigenvalue weighted by molar-refractivity contribution is -0.117. The quantitative estimate of drug-likeness (QED) is 0.878. The minimum Gasteiger partial charge on any atom is -0.497 e. The first-order valence-corrected chi connectivity index (χ1v) is 7.75. The number of rotatable bonds is 6. The first kappa shape index (κ1) is 18.0. The Morgan fingerprint density at radius 2 is 1.96 bits per heavy atom. The Morgan fingerprint density at radius 3 is 2.64 bits per heavy atom. The highest BCUT2D eigenvalue weighted by Gasteiger charge is 2.14. The molecule has 6 nitrogen and oxygen atoms in total. The van der Waals surface area contributed by atoms with Gasteiger partial charge in [0.15, 0.2) is 0 Å². The van der Waals surface area contributed by atoms with Crippen LogP contribution < -0.4 is 15.0 Å². The molecule has 1 N–H and O–H groups in total. The van der Waals surface area contributed by atoms with Crippen molar-refractivity contribution in [2.75, 3.05) is 23.9 Å². The van der Waals surface area contributed by atoms with Crippen molar-refractivity contribution in [2.45, 2.75) is 13.3 Å². The number of nitriles is 1. The lowest BCUT2D eigenvalue weighted by Gasteiger charge is -2.21. The van der Waals surface area contributed by atoms with E-state index < -0.39 is 0 Å². The van der Waals surface area contributed by atoms with E-state index in [-0.39, 0.29) is 24.8 Å². The van der Waals surface area contributed by atoms with Crippen LogP contribution in [0.3, 0.4) is 0 Å². The van der Waals surface area contributed by atoms with E-state index in [2.05, 4.69) is 5.32 Å². The fraction of sp³-hybridized carbons (Fsp3) is 0.211. The molecule has 0 radical (unpaired) electrons. The molecule has 128 valence electrons. The van der Waals surface area contributed by atoms with Crippen LogP contribution in [0, 0.1) is 11.3 Å². The van der Waals surface area contributed by atoms with E-state index in [9.17, 15) is 9.59 Å². The van der Waals surface area contributed by atoms with Crippen LogP contribution in [-0.2, 0) is 9.59 Å². The van der Waals surface area contributed by atoms with Gasteiger partial charge in [0, 0.05) is 37.3 Å². The molecule has 25 heavy (non-hydrogen) atoms. The third kappa shape index (κ3) is 5.08. The monoisotopic (exact) mass is 337 g/mol. The Balaban J connectivity index is 2.02. The summed E-state index contributed by atoms with van der Waals surface area (Å²) in [5.74, 6) is 0.247. The van der Waals surface area contributed by atoms with Gasteiger partial charge in [-0.05, 0) is 30.3 Å². The molecule has 0 saturated heterocycles. The predicted molar refractivity (Wildman–Crippen MR) is 95.4 cm³/mol. The molecule has 0 aromatic heterocycles. The molecule has 0 atom stereocenters. The smallest absolute Gasteiger partial charge is 0.226 e. The Labute approximate surface area is 146 Å². The molecule has 0 spiro atoms. The van der Waals surface area contributed by atoms with Crippen molar-refractivity contribution in [3.8, 4) is 11.8 Å². The summed E-state index contributed by atoms with van der Waals surface area (Å²) in [7, 11) is 1.56. The number of carbonyl (C=O) groups is 2. The maximum Gasteiger partial charge on any atom is 0.226 e. The summed E-state index contributed by atoms with van der Waals surface area (Å²) in [6, 6.07) is 15.8. The van der Waals surface area contributed by atoms with Gasteiger partial charge in [-0.1, -0.05) is 12.1 Å². The minimum atomic E-state index is -0.212. The van der Waals surface area contributed by atoms with E-state index in [1.165, 1.54) is 11.8 Å². The average molecular weight is 337 g/mol. The highest BCUT2D eigenvalue weighted by Crippen LogP contribution is 2.18. The van der Waals surface area contributed by atoms with Crippen molar-refractivity contribution in [2.24, 2.45) is 0 Å². The lowest BCUT2D eigenvalue weighted by Crippen LogP contribution is -2.32. The van der Waals surface area contributed by atoms with Gasteiger partial charge in [0.2, 0.25) is 11.8 Å². The maximum atomic E-state index is 12.2. The lowest BCUT2D eigenvalue weighted by atomic mass is 10.2. The van der Waals surface area contributed by atoms with E-state index >= 15 is 0 Å². The van der Waals surface area contributed by atoms with Crippen LogP contribution >= 0.6 is 0 Å². The maximum absolute atomic E-state index is 12.2. The van der Waals surface area contributed by atoms with Gasteiger partial charge < -0.3 is 15.0 Å². The molecule has 0 aliphatic heterocycles. The molecule has 2 amide bonds. The summed E-state index contributed by atoms with van der Waals surface area (Å²) < 4.78 is 5.12. The molecular weight excluding hydrogens is 318 g/mol. The summed E-state index contributed by atoms with van der Waals surface area (Å²) in [5, 5.41) is 11.8. The molecule has 2 aromatic carbocycles. The first-order chi connectivity index (χ1) is 12.0. The predicted octanol–water partition coefficient (Wildman–Crippen LogP) is 2.95. The largest absolute Gasteiger partial charge is 0.497 e. The van der Waals surface area contributed by atoms with E-state index in [1.807, 2.05) is 6.07 Å². The Hall–Kier alpha value is -3.33. The van der Waals surface area contributed by atoms with E-state index in [4.69, 9.17) is 10.00 Å². The number of amides is 2. The molecule has 0 aliphatic rings. The zero-order valence-corrected chi connectivity index (χ0v) is 14.2. The molecule has 2 rings (SSSR count). The van der Waals surface area contributed by atoms with Crippen molar-refractivity contribution < 1.29 is 14.3 Å². The third-order valence-electron chi connectivity index (χ3n) is 3.58. The first-order valence-electron chi connectivity index (χ1n) is 7.75. The van der Waals surface area contributed by atoms with Gasteiger partial charge in [-0.15, -0.1) is 0 Å². The van der Waals surface area contributed by atoms with E-state index in [0.717, 1.165) is 0 Å². The highest BCUT2D eigenvalue weighted by molar-refractivity contribution is 5.95. The topological polar surface area (TPSA) is 82.4 Å². The fourth-order valence-corrected chi connectivity index (χ4v) is 2.35. The van der Waals surface area contributed by atoms with Crippen molar-refractivity contribution in [3.05, 3.63) is 54.1 Å². The summed E-state index contributed by atoms with van der Waals surface area (Å²) in [5.41, 5.74) is 1.69. The molecule has 0 saturated carbocycles. The number of hydrogen-bond donors (Lipinski definition) is 1. The van der Waals surface area contributed by atoms with Crippen LogP contribution in [0.1, 0.15) is 18.9 Å². The number of nitrogens with one attached hydrogen (secondary N) is 1. The fourth-order valence-electron chi connectivity index (χ4n) is 2.35. The molecule has 0 bridgehead atoms. The number of carbonyl (C=O) groups excluding carboxylic acids is 2. The zero-order valence-electron chi connectivity index (χ0n) is 14.2. The second-order valence-corrected chi connectivity index (χ2v) is 5.36. The van der Waals surface area contributed by atoms with Crippen molar-refractivity contribution in [1.82, 2.24) is 0 Å². The molecule has 0 fully saturated rings. The summed E-state index contributed by atoms with van der Waals surface area (Å²) >= 11 is 0. The van der Waals surface area contributed by atoms with Crippen LogP contribution in [0.5, 0.6) is 5.75 Å². The molecule has 2 aromatic rings. The zero-order chi connectivity index (χ0) is 18.2. The molecule has 6 heteroatoms. The van der Waals surface area contributed by atoms with Crippen molar-refractivity contribution in [1.29, 1.82) is 5.26 Å². The van der Waals surface area contributed by atoms with Gasteiger partial charge in [-0.3, -0.25) is 9.59 Å². The second kappa shape index (κ2) is 8.50. The number of anilines is 2. The number of benzene rings is 2. The van der Waals surface area contributed by atoms with Crippen molar-refractivity contribution >= 4 is 23.2 Å². The number of methoxy groups -OCH3 is 1. The Kier molecular flexibility index (Phi) is 6.13. The molecule has 0 heterocycles. The minimum absolute atomic E-state index is 0.133. The van der Waals surface area contributed by atoms with Crippen LogP contribution in [0.4, 0.5) is 11.4 Å². The summed E-state index contributed by atoms with van der Waals surface area (Å²) in [6.07, 6.45) is 0.133. The van der Waals surface area contributed by atoms with Crippen LogP contribution in [-0.4, -0.2) is 25.5 Å². The van der Waals surface area contributed by atoms with E-state index in [1.54, 1.807) is 55.6 Å². The van der Waals surface area contributed by atoms with Crippen molar-refractivity contribution in [3.63, 3.8) is 0 Å². The molecule has 0 aliphatic carbocycles. The van der Waals surface area contributed by atoms with Gasteiger partial charge >= 0.3 is 0 Å². The molecule has 0 unspecified atom stereocenters. The van der Waals surface area contributed by atoms with E-state index in [0.29, 0.717) is 22.7 Å². The van der Waals surface area contributed by atoms with Gasteiger partial charge in [-0.2, -0.15) is 5.26 Å². The number of nitrogens with zero attached hydrogens (tertiary/aromatic N) is 2. The highest BCUT2D eigenvalue weighted by atomic mass is 16.5. The van der Waals surface area contributed by atoms with Gasteiger partial charge in [0.1, 0.15) is 5.75 Å². The summed E-state index contributed by atoms with van der Waals surface area (Å²) in [4.78, 5) is 25.5. The Morgan fingerprint density at radius 1 is 1.20 bits per heavy atom. The third-order valence-corrected chi connectivity index (χ3v) is 3.58. The summed E-state index contributed by atoms with van der Waals surface area (Å²) in [6.45, 7) is 1.65. The van der Waals surface area contributed by atoms with Gasteiger partial charge in [0.25, 0.3) is 0 Å². The number of hydrogen-bond acceptors (Lipinski definition) is 4. The standard InChI is InChI=1S/C19H19N3O3/c1-14(23)22(17-7-3-5-15(11-17)13-20)10-9-19(24)21-16-6-4-8-18(12-16)25-2/h3-8,11-12H,9-10H2,1-2H3,(H,21,24). The Bertz CT molecular complexity index is 812. The SMILES string of the molecule is COc1cccc(NC(=O)CCN(C(C)=O)c2cccc(C#N)c2)c1. The molecular formula is C19H19N3O3. The average Bonchev–Trinajstić information content (AvgIpc) is 2.62. The van der Waals surface area contributed by atoms with Crippen LogP contribution in [0.15, 0.2) is 48.5 Å². The number of ether oxygens (including phenoxy) is 1. The normalized spacial score (nSPS) is 9.80. The van der Waals surface area contributed by atoms with Gasteiger partial charge in [-0.25, -0.2) is 0 Å².